The predicted octanol–water partition coefficient (Wildman–Crippen LogP) is 9.55. The third-order valence-corrected chi connectivity index (χ3v) is 7.85. The van der Waals surface area contributed by atoms with Crippen molar-refractivity contribution in [3.63, 3.8) is 0 Å². The van der Waals surface area contributed by atoms with Crippen LogP contribution in [0.5, 0.6) is 0 Å². The summed E-state index contributed by atoms with van der Waals surface area (Å²) in [5.74, 6) is 0.552. The van der Waals surface area contributed by atoms with Gasteiger partial charge < -0.3 is 8.83 Å². The average Bonchev–Trinajstić information content (AvgIpc) is 3.70. The second-order valence-electron chi connectivity index (χ2n) is 10.2. The van der Waals surface area contributed by atoms with Gasteiger partial charge in [-0.1, -0.05) is 97.1 Å². The van der Waals surface area contributed by atoms with Crippen LogP contribution in [0.1, 0.15) is 0 Å². The van der Waals surface area contributed by atoms with Crippen LogP contribution in [0.4, 0.5) is 0 Å². The van der Waals surface area contributed by atoms with Crippen molar-refractivity contribution in [2.45, 2.75) is 0 Å². The molecule has 0 bridgehead atoms. The minimum absolute atomic E-state index is 0.552. The fourth-order valence-electron chi connectivity index (χ4n) is 5.98. The summed E-state index contributed by atoms with van der Waals surface area (Å²) in [4.78, 5) is 10.2. The number of aromatic nitrogens is 3. The molecule has 0 saturated carbocycles. The molecule has 0 fully saturated rings. The number of nitrogens with zero attached hydrogens (tertiary/aromatic N) is 3. The van der Waals surface area contributed by atoms with E-state index in [1.807, 2.05) is 71.3 Å². The lowest BCUT2D eigenvalue weighted by atomic mass is 10.1. The zero-order valence-corrected chi connectivity index (χ0v) is 21.8. The van der Waals surface area contributed by atoms with Crippen molar-refractivity contribution in [2.24, 2.45) is 0 Å². The lowest BCUT2D eigenvalue weighted by molar-refractivity contribution is 0.619. The van der Waals surface area contributed by atoms with E-state index in [0.717, 1.165) is 71.7 Å². The maximum Gasteiger partial charge on any atom is 0.238 e. The van der Waals surface area contributed by atoms with Gasteiger partial charge in [0.05, 0.1) is 22.3 Å². The van der Waals surface area contributed by atoms with E-state index in [2.05, 4.69) is 60.7 Å². The van der Waals surface area contributed by atoms with Crippen LogP contribution in [0.3, 0.4) is 0 Å². The van der Waals surface area contributed by atoms with Crippen molar-refractivity contribution in [1.29, 1.82) is 0 Å². The lowest BCUT2D eigenvalue weighted by Gasteiger charge is -2.10. The Morgan fingerprint density at radius 1 is 0.488 bits per heavy atom. The van der Waals surface area contributed by atoms with Gasteiger partial charge in [0.2, 0.25) is 11.7 Å². The third-order valence-electron chi connectivity index (χ3n) is 7.85. The first-order chi connectivity index (χ1) is 20.3. The van der Waals surface area contributed by atoms with Crippen molar-refractivity contribution in [2.75, 3.05) is 0 Å². The van der Waals surface area contributed by atoms with Gasteiger partial charge in [-0.05, 0) is 30.3 Å². The predicted molar refractivity (Wildman–Crippen MR) is 164 cm³/mol. The molecule has 0 aliphatic rings. The highest BCUT2D eigenvalue weighted by atomic mass is 16.4. The first kappa shape index (κ1) is 22.2. The van der Waals surface area contributed by atoms with Crippen molar-refractivity contribution in [3.8, 4) is 28.5 Å². The summed E-state index contributed by atoms with van der Waals surface area (Å²) < 4.78 is 15.1. The number of furan rings is 2. The van der Waals surface area contributed by atoms with Crippen LogP contribution in [-0.2, 0) is 0 Å². The van der Waals surface area contributed by atoms with E-state index >= 15 is 0 Å². The first-order valence-electron chi connectivity index (χ1n) is 13.6. The van der Waals surface area contributed by atoms with E-state index in [1.165, 1.54) is 0 Å². The summed E-state index contributed by atoms with van der Waals surface area (Å²) >= 11 is 0. The van der Waals surface area contributed by atoms with Gasteiger partial charge in [-0.2, -0.15) is 0 Å². The Morgan fingerprint density at radius 3 is 1.80 bits per heavy atom. The highest BCUT2D eigenvalue weighted by Gasteiger charge is 2.24. The van der Waals surface area contributed by atoms with Gasteiger partial charge in [0.25, 0.3) is 0 Å². The molecule has 0 spiro atoms. The Kier molecular flexibility index (Phi) is 4.55. The van der Waals surface area contributed by atoms with Gasteiger partial charge in [-0.15, -0.1) is 0 Å². The Hall–Kier alpha value is -5.68. The summed E-state index contributed by atoms with van der Waals surface area (Å²) in [6.07, 6.45) is 0. The molecule has 5 aromatic carbocycles. The Balaban J connectivity index is 1.40. The largest absolute Gasteiger partial charge is 0.452 e. The molecular weight excluding hydrogens is 506 g/mol. The second-order valence-corrected chi connectivity index (χ2v) is 10.2. The molecule has 41 heavy (non-hydrogen) atoms. The molecule has 192 valence electrons. The maximum atomic E-state index is 6.75. The zero-order valence-electron chi connectivity index (χ0n) is 21.8. The molecule has 0 unspecified atom stereocenters. The van der Waals surface area contributed by atoms with Crippen LogP contribution >= 0.6 is 0 Å². The summed E-state index contributed by atoms with van der Waals surface area (Å²) in [5, 5.41) is 5.21. The van der Waals surface area contributed by atoms with Crippen molar-refractivity contribution < 1.29 is 8.83 Å². The van der Waals surface area contributed by atoms with Crippen molar-refractivity contribution in [3.05, 3.63) is 127 Å². The molecular formula is C36H21N3O2. The topological polar surface area (TPSA) is 57.0 Å². The molecule has 9 aromatic rings. The molecule has 0 N–H and O–H groups in total. The zero-order chi connectivity index (χ0) is 26.9. The molecule has 0 atom stereocenters. The number of fused-ring (bicyclic) bond motifs is 9. The third kappa shape index (κ3) is 3.23. The van der Waals surface area contributed by atoms with E-state index in [-0.39, 0.29) is 0 Å². The Morgan fingerprint density at radius 2 is 1.07 bits per heavy atom. The standard InChI is InChI=1S/C36H21N3O2/c1-3-11-22(12-4-1)28-21-29(23-13-5-2-6-14-23)38-36(37-28)39-30-17-9-7-16-26(30)32-27-20-19-25-24-15-8-10-18-31(24)40-33(25)34(27)41-35(32)39/h1-21H. The SMILES string of the molecule is c1ccc(-c2cc(-c3ccccc3)nc(-n3c4ccccc4c4c5ccc6c7ccccc7oc6c5oc43)n2)cc1. The Labute approximate surface area is 233 Å². The van der Waals surface area contributed by atoms with Gasteiger partial charge >= 0.3 is 0 Å². The van der Waals surface area contributed by atoms with Crippen molar-refractivity contribution in [1.82, 2.24) is 14.5 Å². The Bertz CT molecular complexity index is 2360. The van der Waals surface area contributed by atoms with Crippen LogP contribution in [-0.4, -0.2) is 14.5 Å². The average molecular weight is 528 g/mol. The molecule has 4 aromatic heterocycles. The van der Waals surface area contributed by atoms with E-state index in [1.54, 1.807) is 0 Å². The second kappa shape index (κ2) is 8.41. The number of hydrogen-bond donors (Lipinski definition) is 0. The van der Waals surface area contributed by atoms with Gasteiger partial charge in [-0.25, -0.2) is 14.5 Å². The number of hydrogen-bond acceptors (Lipinski definition) is 4. The van der Waals surface area contributed by atoms with Crippen LogP contribution < -0.4 is 0 Å². The van der Waals surface area contributed by atoms with E-state index in [9.17, 15) is 0 Å². The molecule has 0 saturated heterocycles. The van der Waals surface area contributed by atoms with E-state index in [4.69, 9.17) is 18.8 Å². The summed E-state index contributed by atoms with van der Waals surface area (Å²) in [6.45, 7) is 0. The van der Waals surface area contributed by atoms with Crippen LogP contribution in [0.2, 0.25) is 0 Å². The summed E-state index contributed by atoms with van der Waals surface area (Å²) in [5.41, 5.74) is 7.73. The molecule has 0 aliphatic carbocycles. The van der Waals surface area contributed by atoms with E-state index < -0.39 is 0 Å². The van der Waals surface area contributed by atoms with Gasteiger partial charge in [0, 0.05) is 32.7 Å². The van der Waals surface area contributed by atoms with Gasteiger partial charge in [0.1, 0.15) is 5.58 Å². The van der Waals surface area contributed by atoms with Crippen LogP contribution in [0, 0.1) is 0 Å². The summed E-state index contributed by atoms with van der Waals surface area (Å²) in [6, 6.07) is 43.2. The smallest absolute Gasteiger partial charge is 0.238 e. The van der Waals surface area contributed by atoms with Crippen LogP contribution in [0.15, 0.2) is 136 Å². The molecule has 0 amide bonds. The minimum Gasteiger partial charge on any atom is -0.452 e. The highest BCUT2D eigenvalue weighted by molar-refractivity contribution is 6.25. The normalized spacial score (nSPS) is 11.9. The molecule has 0 radical (unpaired) electrons. The van der Waals surface area contributed by atoms with E-state index in [0.29, 0.717) is 11.7 Å². The number of benzene rings is 5. The monoisotopic (exact) mass is 527 g/mol. The molecule has 4 heterocycles. The molecule has 5 heteroatoms. The van der Waals surface area contributed by atoms with Crippen LogP contribution in [0.25, 0.3) is 83.4 Å². The molecule has 0 aliphatic heterocycles. The highest BCUT2D eigenvalue weighted by Crippen LogP contribution is 2.43. The maximum absolute atomic E-state index is 6.75. The summed E-state index contributed by atoms with van der Waals surface area (Å²) in [7, 11) is 0. The lowest BCUT2D eigenvalue weighted by Crippen LogP contribution is -2.03. The quantitative estimate of drug-likeness (QED) is 0.230. The minimum atomic E-state index is 0.552. The molecule has 9 rings (SSSR count). The fraction of sp³-hybridized carbons (Fsp3) is 0. The molecule has 5 nitrogen and oxygen atoms in total. The number of rotatable bonds is 3. The van der Waals surface area contributed by atoms with Crippen molar-refractivity contribution >= 4 is 54.9 Å². The fourth-order valence-corrected chi connectivity index (χ4v) is 5.98. The van der Waals surface area contributed by atoms with Gasteiger partial charge in [0.15, 0.2) is 11.2 Å². The first-order valence-corrected chi connectivity index (χ1v) is 13.6. The van der Waals surface area contributed by atoms with Gasteiger partial charge in [-0.3, -0.25) is 0 Å². The number of para-hydroxylation sites is 2.